The van der Waals surface area contributed by atoms with Crippen LogP contribution < -0.4 is 10.2 Å². The van der Waals surface area contributed by atoms with Gasteiger partial charge in [-0.15, -0.1) is 0 Å². The summed E-state index contributed by atoms with van der Waals surface area (Å²) in [4.78, 5) is 23.4. The molecule has 0 unspecified atom stereocenters. The van der Waals surface area contributed by atoms with Gasteiger partial charge in [-0.3, -0.25) is 4.79 Å². The number of hydrogen-bond acceptors (Lipinski definition) is 4. The lowest BCUT2D eigenvalue weighted by Crippen LogP contribution is -2.35. The Balaban J connectivity index is 1.49. The van der Waals surface area contributed by atoms with Crippen LogP contribution in [0, 0.1) is 0 Å². The minimum Gasteiger partial charge on any atom is -0.324 e. The van der Waals surface area contributed by atoms with Gasteiger partial charge >= 0.3 is 0 Å². The number of carbonyl (C=O) groups is 1. The van der Waals surface area contributed by atoms with Crippen molar-refractivity contribution in [3.63, 3.8) is 0 Å². The van der Waals surface area contributed by atoms with Crippen LogP contribution in [0.1, 0.15) is 34.8 Å². The molecule has 0 bridgehead atoms. The first-order valence-electron chi connectivity index (χ1n) is 9.32. The summed E-state index contributed by atoms with van der Waals surface area (Å²) in [6.07, 6.45) is 6.17. The van der Waals surface area contributed by atoms with E-state index in [-0.39, 0.29) is 5.91 Å². The molecule has 1 aliphatic heterocycles. The van der Waals surface area contributed by atoms with Gasteiger partial charge in [0.1, 0.15) is 0 Å². The van der Waals surface area contributed by atoms with E-state index in [1.54, 1.807) is 12.4 Å². The molecule has 1 N–H and O–H groups in total. The molecule has 0 radical (unpaired) electrons. The summed E-state index contributed by atoms with van der Waals surface area (Å²) in [6, 6.07) is 16.2. The van der Waals surface area contributed by atoms with Crippen LogP contribution in [0.15, 0.2) is 60.9 Å². The monoisotopic (exact) mass is 358 g/mol. The summed E-state index contributed by atoms with van der Waals surface area (Å²) in [7, 11) is 0. The Labute approximate surface area is 159 Å². The van der Waals surface area contributed by atoms with Crippen LogP contribution in [0.3, 0.4) is 0 Å². The van der Waals surface area contributed by atoms with E-state index < -0.39 is 0 Å². The molecule has 0 saturated carbocycles. The molecule has 1 aliphatic rings. The average Bonchev–Trinajstić information content (AvgIpc) is 2.74. The van der Waals surface area contributed by atoms with Gasteiger partial charge in [0, 0.05) is 30.3 Å². The summed E-state index contributed by atoms with van der Waals surface area (Å²) in [6.45, 7) is 2.85. The van der Waals surface area contributed by atoms with Crippen LogP contribution in [0.2, 0.25) is 0 Å². The fourth-order valence-electron chi connectivity index (χ4n) is 3.36. The minimum absolute atomic E-state index is 0.0546. The van der Waals surface area contributed by atoms with Crippen LogP contribution in [-0.4, -0.2) is 22.4 Å². The Bertz CT molecular complexity index is 935. The van der Waals surface area contributed by atoms with Gasteiger partial charge in [-0.25, -0.2) is 9.97 Å². The number of fused-ring (bicyclic) bond motifs is 1. The van der Waals surface area contributed by atoms with Gasteiger partial charge in [-0.1, -0.05) is 37.3 Å². The minimum atomic E-state index is -0.0546. The third-order valence-corrected chi connectivity index (χ3v) is 4.87. The van der Waals surface area contributed by atoms with E-state index in [9.17, 15) is 4.79 Å². The first-order valence-corrected chi connectivity index (χ1v) is 9.32. The Morgan fingerprint density at radius 1 is 1.07 bits per heavy atom. The van der Waals surface area contributed by atoms with Gasteiger partial charge < -0.3 is 10.2 Å². The number of nitrogens with zero attached hydrogens (tertiary/aromatic N) is 3. The molecule has 4 rings (SSSR count). The molecule has 0 spiro atoms. The van der Waals surface area contributed by atoms with Crippen molar-refractivity contribution < 1.29 is 4.79 Å². The normalized spacial score (nSPS) is 13.1. The highest BCUT2D eigenvalue weighted by Gasteiger charge is 2.23. The molecule has 3 aromatic rings. The van der Waals surface area contributed by atoms with E-state index in [1.165, 1.54) is 11.1 Å². The molecular formula is C22H22N4O. The summed E-state index contributed by atoms with van der Waals surface area (Å²) in [5.41, 5.74) is 4.91. The van der Waals surface area contributed by atoms with Crippen molar-refractivity contribution in [1.82, 2.24) is 9.97 Å². The zero-order chi connectivity index (χ0) is 18.6. The highest BCUT2D eigenvalue weighted by molar-refractivity contribution is 6.06. The zero-order valence-corrected chi connectivity index (χ0v) is 15.4. The van der Waals surface area contributed by atoms with E-state index in [4.69, 9.17) is 0 Å². The number of benzene rings is 2. The molecule has 136 valence electrons. The van der Waals surface area contributed by atoms with Gasteiger partial charge in [0.25, 0.3) is 5.91 Å². The van der Waals surface area contributed by atoms with E-state index in [2.05, 4.69) is 40.4 Å². The predicted octanol–water partition coefficient (Wildman–Crippen LogP) is 4.38. The lowest BCUT2D eigenvalue weighted by atomic mass is 10.0. The molecule has 5 nitrogen and oxygen atoms in total. The fourth-order valence-corrected chi connectivity index (χ4v) is 3.36. The van der Waals surface area contributed by atoms with Crippen LogP contribution in [0.25, 0.3) is 0 Å². The molecule has 1 amide bonds. The zero-order valence-electron chi connectivity index (χ0n) is 15.4. The molecule has 0 aliphatic carbocycles. The Hall–Kier alpha value is -3.21. The molecule has 2 aromatic carbocycles. The Morgan fingerprint density at radius 2 is 1.81 bits per heavy atom. The van der Waals surface area contributed by atoms with E-state index in [0.29, 0.717) is 11.5 Å². The fraction of sp³-hybridized carbons (Fsp3) is 0.227. The van der Waals surface area contributed by atoms with Crippen molar-refractivity contribution in [2.24, 2.45) is 0 Å². The highest BCUT2D eigenvalue weighted by Crippen LogP contribution is 2.28. The van der Waals surface area contributed by atoms with Crippen molar-refractivity contribution in [3.05, 3.63) is 77.6 Å². The maximum absolute atomic E-state index is 12.9. The van der Waals surface area contributed by atoms with Gasteiger partial charge in [-0.05, 0) is 48.6 Å². The SMILES string of the molecule is CCc1ccc(Nc2ncc(C(=O)N3CCCc4ccccc43)cn2)cc1. The van der Waals surface area contributed by atoms with Crippen molar-refractivity contribution in [3.8, 4) is 0 Å². The van der Waals surface area contributed by atoms with E-state index >= 15 is 0 Å². The summed E-state index contributed by atoms with van der Waals surface area (Å²) < 4.78 is 0. The Kier molecular flexibility index (Phi) is 4.83. The number of aryl methyl sites for hydroxylation is 2. The second-order valence-corrected chi connectivity index (χ2v) is 6.66. The van der Waals surface area contributed by atoms with E-state index in [0.717, 1.165) is 37.2 Å². The van der Waals surface area contributed by atoms with Crippen LogP contribution >= 0.6 is 0 Å². The third kappa shape index (κ3) is 3.67. The summed E-state index contributed by atoms with van der Waals surface area (Å²) >= 11 is 0. The van der Waals surface area contributed by atoms with Crippen molar-refractivity contribution >= 4 is 23.2 Å². The lowest BCUT2D eigenvalue weighted by Gasteiger charge is -2.29. The molecule has 2 heterocycles. The smallest absolute Gasteiger partial charge is 0.261 e. The van der Waals surface area contributed by atoms with E-state index in [1.807, 2.05) is 35.2 Å². The van der Waals surface area contributed by atoms with Crippen LogP contribution in [0.5, 0.6) is 0 Å². The first kappa shape index (κ1) is 17.2. The maximum atomic E-state index is 12.9. The first-order chi connectivity index (χ1) is 13.2. The standard InChI is InChI=1S/C22H22N4O/c1-2-16-9-11-19(12-10-16)25-22-23-14-18(15-24-22)21(27)26-13-5-7-17-6-3-4-8-20(17)26/h3-4,6,8-12,14-15H,2,5,7,13H2,1H3,(H,23,24,25). The van der Waals surface area contributed by atoms with Crippen LogP contribution in [0.4, 0.5) is 17.3 Å². The number of hydrogen-bond donors (Lipinski definition) is 1. The average molecular weight is 358 g/mol. The molecule has 0 fully saturated rings. The van der Waals surface area contributed by atoms with Gasteiger partial charge in [0.05, 0.1) is 5.56 Å². The highest BCUT2D eigenvalue weighted by atomic mass is 16.2. The van der Waals surface area contributed by atoms with Gasteiger partial charge in [0.15, 0.2) is 0 Å². The summed E-state index contributed by atoms with van der Waals surface area (Å²) in [5.74, 6) is 0.427. The number of amides is 1. The molecule has 0 saturated heterocycles. The number of aromatic nitrogens is 2. The van der Waals surface area contributed by atoms with Crippen LogP contribution in [-0.2, 0) is 12.8 Å². The van der Waals surface area contributed by atoms with Crippen molar-refractivity contribution in [2.45, 2.75) is 26.2 Å². The van der Waals surface area contributed by atoms with Crippen molar-refractivity contribution in [2.75, 3.05) is 16.8 Å². The second-order valence-electron chi connectivity index (χ2n) is 6.66. The number of rotatable bonds is 4. The Morgan fingerprint density at radius 3 is 2.56 bits per heavy atom. The molecular weight excluding hydrogens is 336 g/mol. The number of para-hydroxylation sites is 1. The number of nitrogens with one attached hydrogen (secondary N) is 1. The largest absolute Gasteiger partial charge is 0.324 e. The lowest BCUT2D eigenvalue weighted by molar-refractivity contribution is 0.0984. The number of carbonyl (C=O) groups excluding carboxylic acids is 1. The molecule has 1 aromatic heterocycles. The number of anilines is 3. The quantitative estimate of drug-likeness (QED) is 0.752. The summed E-state index contributed by atoms with van der Waals surface area (Å²) in [5, 5.41) is 3.17. The van der Waals surface area contributed by atoms with Gasteiger partial charge in [0.2, 0.25) is 5.95 Å². The second kappa shape index (κ2) is 7.58. The van der Waals surface area contributed by atoms with Gasteiger partial charge in [-0.2, -0.15) is 0 Å². The predicted molar refractivity (Wildman–Crippen MR) is 108 cm³/mol. The van der Waals surface area contributed by atoms with Crippen molar-refractivity contribution in [1.29, 1.82) is 0 Å². The molecule has 5 heteroatoms. The molecule has 0 atom stereocenters. The molecule has 27 heavy (non-hydrogen) atoms. The maximum Gasteiger partial charge on any atom is 0.261 e. The topological polar surface area (TPSA) is 58.1 Å². The third-order valence-electron chi connectivity index (χ3n) is 4.87.